The lowest BCUT2D eigenvalue weighted by molar-refractivity contribution is -0.149. The molecule has 2 fully saturated rings. The highest BCUT2D eigenvalue weighted by molar-refractivity contribution is 5.96. The minimum absolute atomic E-state index is 0.189. The summed E-state index contributed by atoms with van der Waals surface area (Å²) in [5.41, 5.74) is 10.3. The first kappa shape index (κ1) is 46.4. The summed E-state index contributed by atoms with van der Waals surface area (Å²) < 4.78 is 0. The number of hydrogen-bond donors (Lipinski definition) is 4. The summed E-state index contributed by atoms with van der Waals surface area (Å²) in [6.07, 6.45) is -1.15. The minimum atomic E-state index is -1.54. The monoisotopic (exact) mass is 868 g/mol. The van der Waals surface area contributed by atoms with Gasteiger partial charge in [0.25, 0.3) is 11.8 Å². The Kier molecular flexibility index (Phi) is 13.0. The molecule has 6 rings (SSSR count). The highest BCUT2D eigenvalue weighted by atomic mass is 16.4. The van der Waals surface area contributed by atoms with Gasteiger partial charge in [-0.2, -0.15) is 0 Å². The third-order valence-corrected chi connectivity index (χ3v) is 12.3. The quantitative estimate of drug-likeness (QED) is 0.125. The average molecular weight is 869 g/mol. The minimum Gasteiger partial charge on any atom is -0.465 e. The van der Waals surface area contributed by atoms with Crippen LogP contribution in [-0.2, 0) is 30.3 Å². The molecule has 334 valence electrons. The third kappa shape index (κ3) is 8.62. The lowest BCUT2D eigenvalue weighted by Crippen LogP contribution is -2.58. The van der Waals surface area contributed by atoms with Crippen LogP contribution < -0.4 is 11.5 Å². The van der Waals surface area contributed by atoms with Crippen LogP contribution in [0.15, 0.2) is 109 Å². The van der Waals surface area contributed by atoms with Crippen LogP contribution in [0, 0.1) is 11.8 Å². The van der Waals surface area contributed by atoms with Gasteiger partial charge in [-0.15, -0.1) is 0 Å². The van der Waals surface area contributed by atoms with Gasteiger partial charge in [0.1, 0.15) is 23.2 Å². The van der Waals surface area contributed by atoms with E-state index in [1.807, 2.05) is 0 Å². The van der Waals surface area contributed by atoms with E-state index in [2.05, 4.69) is 11.8 Å². The van der Waals surface area contributed by atoms with Gasteiger partial charge in [-0.3, -0.25) is 29.0 Å². The number of rotatable bonds is 10. The first-order valence-electron chi connectivity index (χ1n) is 21.3. The predicted octanol–water partition coefficient (Wildman–Crippen LogP) is 6.73. The van der Waals surface area contributed by atoms with E-state index in [-0.39, 0.29) is 25.9 Å². The molecule has 0 bridgehead atoms. The third-order valence-electron chi connectivity index (χ3n) is 12.3. The number of carbonyl (C=O) groups excluding carboxylic acids is 4. The molecule has 2 aliphatic rings. The maximum Gasteiger partial charge on any atom is 0.408 e. The van der Waals surface area contributed by atoms with Gasteiger partial charge < -0.3 is 31.5 Å². The molecule has 14 nitrogen and oxygen atoms in total. The van der Waals surface area contributed by atoms with E-state index in [9.17, 15) is 39.0 Å². The van der Waals surface area contributed by atoms with Gasteiger partial charge in [-0.05, 0) is 114 Å². The first-order valence-corrected chi connectivity index (χ1v) is 21.3. The molecule has 0 saturated carbocycles. The number of likely N-dealkylation sites (tertiary alicyclic amines) is 2. The van der Waals surface area contributed by atoms with E-state index >= 15 is 0 Å². The summed E-state index contributed by atoms with van der Waals surface area (Å²) in [4.78, 5) is 86.9. The summed E-state index contributed by atoms with van der Waals surface area (Å²) in [6, 6.07) is 28.5. The maximum absolute atomic E-state index is 14.7. The van der Waals surface area contributed by atoms with E-state index < -0.39 is 70.1 Å². The molecule has 0 radical (unpaired) electrons. The second-order valence-electron chi connectivity index (χ2n) is 18.3. The van der Waals surface area contributed by atoms with Crippen LogP contribution >= 0.6 is 0 Å². The SMILES string of the molecule is CC(C)(C)N(C(=O)O)[C@H](C(=O)N1CCC[C@@]1(C(N)=O)c1ccc(C#Cc2ccc([C@]3(C(N)=O)CCCN3C(=O)[C@H](c3ccccc3)N(C(=O)O)C(C)(C)C)cc2)cc1)c1ccccc1. The normalized spacial score (nSPS) is 19.5. The number of carboxylic acid groups (broad SMARTS) is 2. The summed E-state index contributed by atoms with van der Waals surface area (Å²) in [5.74, 6) is 3.66. The van der Waals surface area contributed by atoms with Crippen LogP contribution in [0.2, 0.25) is 0 Å². The molecule has 64 heavy (non-hydrogen) atoms. The Hall–Kier alpha value is -7.14. The molecular formula is C50H56N6O8. The van der Waals surface area contributed by atoms with E-state index in [1.54, 1.807) is 151 Å². The average Bonchev–Trinajstić information content (AvgIpc) is 3.91. The molecular weight excluding hydrogens is 813 g/mol. The molecule has 2 aliphatic heterocycles. The zero-order valence-electron chi connectivity index (χ0n) is 37.1. The van der Waals surface area contributed by atoms with E-state index in [0.717, 1.165) is 9.80 Å². The molecule has 6 N–H and O–H groups in total. The maximum atomic E-state index is 14.7. The highest BCUT2D eigenvalue weighted by Crippen LogP contribution is 2.44. The first-order chi connectivity index (χ1) is 30.2. The Bertz CT molecular complexity index is 2300. The summed E-state index contributed by atoms with van der Waals surface area (Å²) in [5, 5.41) is 20.8. The van der Waals surface area contributed by atoms with Crippen molar-refractivity contribution in [1.29, 1.82) is 0 Å². The zero-order valence-corrected chi connectivity index (χ0v) is 37.1. The summed E-state index contributed by atoms with van der Waals surface area (Å²) in [6.45, 7) is 10.6. The predicted molar refractivity (Wildman–Crippen MR) is 240 cm³/mol. The second kappa shape index (κ2) is 17.9. The van der Waals surface area contributed by atoms with E-state index in [1.165, 1.54) is 9.80 Å². The fraction of sp³-hybridized carbons (Fsp3) is 0.360. The lowest BCUT2D eigenvalue weighted by Gasteiger charge is -2.43. The Labute approximate surface area is 373 Å². The smallest absolute Gasteiger partial charge is 0.408 e. The number of carbonyl (C=O) groups is 6. The largest absolute Gasteiger partial charge is 0.465 e. The van der Waals surface area contributed by atoms with Crippen molar-refractivity contribution in [3.8, 4) is 11.8 Å². The highest BCUT2D eigenvalue weighted by Gasteiger charge is 2.55. The lowest BCUT2D eigenvalue weighted by atomic mass is 9.84. The Morgan fingerprint density at radius 1 is 0.547 bits per heavy atom. The molecule has 6 amide bonds. The fourth-order valence-corrected chi connectivity index (χ4v) is 9.37. The Morgan fingerprint density at radius 2 is 0.859 bits per heavy atom. The molecule has 0 aromatic heterocycles. The van der Waals surface area contributed by atoms with Gasteiger partial charge in [0.05, 0.1) is 0 Å². The van der Waals surface area contributed by atoms with Crippen molar-refractivity contribution in [2.24, 2.45) is 11.5 Å². The van der Waals surface area contributed by atoms with Gasteiger partial charge in [-0.25, -0.2) is 9.59 Å². The summed E-state index contributed by atoms with van der Waals surface area (Å²) in [7, 11) is 0. The van der Waals surface area contributed by atoms with Crippen molar-refractivity contribution in [1.82, 2.24) is 19.6 Å². The standard InChI is InChI=1S/C50H56N6O8/c1-47(2,3)55(45(61)62)39(35-15-9-7-10-16-35)41(57)53-31-13-29-49(53,43(51)59)37-25-21-33(22-26-37)19-20-34-23-27-38(28-24-34)50(44(52)60)30-14-32-54(50)42(58)40(36-17-11-8-12-18-36)56(46(63)64)48(4,5)6/h7-12,15-18,21-28,39-40H,13-14,29-32H2,1-6H3,(H2,51,59)(H2,52,60)(H,61,62)(H,63,64)/t39-,40-,49-,50-/m0/s1. The molecule has 4 aromatic rings. The molecule has 4 aromatic carbocycles. The van der Waals surface area contributed by atoms with Crippen molar-refractivity contribution in [3.05, 3.63) is 143 Å². The van der Waals surface area contributed by atoms with Crippen molar-refractivity contribution < 1.29 is 39.0 Å². The zero-order chi connectivity index (χ0) is 46.8. The molecule has 0 aliphatic carbocycles. The van der Waals surface area contributed by atoms with Crippen molar-refractivity contribution in [3.63, 3.8) is 0 Å². The van der Waals surface area contributed by atoms with E-state index in [0.29, 0.717) is 46.2 Å². The molecule has 14 heteroatoms. The number of primary amides is 2. The van der Waals surface area contributed by atoms with Crippen LogP contribution in [-0.4, -0.2) is 89.8 Å². The van der Waals surface area contributed by atoms with E-state index in [4.69, 9.17) is 11.5 Å². The Balaban J connectivity index is 1.28. The Morgan fingerprint density at radius 3 is 1.12 bits per heavy atom. The number of benzene rings is 4. The molecule has 4 atom stereocenters. The molecule has 2 saturated heterocycles. The topological polar surface area (TPSA) is 208 Å². The number of nitrogens with zero attached hydrogens (tertiary/aromatic N) is 4. The van der Waals surface area contributed by atoms with Gasteiger partial charge in [0, 0.05) is 35.3 Å². The van der Waals surface area contributed by atoms with Crippen molar-refractivity contribution in [2.45, 2.75) is 101 Å². The molecule has 2 heterocycles. The fourth-order valence-electron chi connectivity index (χ4n) is 9.37. The van der Waals surface area contributed by atoms with Crippen LogP contribution in [0.3, 0.4) is 0 Å². The number of nitrogens with two attached hydrogens (primary N) is 2. The van der Waals surface area contributed by atoms with Crippen LogP contribution in [0.25, 0.3) is 0 Å². The van der Waals surface area contributed by atoms with Crippen molar-refractivity contribution in [2.75, 3.05) is 13.1 Å². The number of amides is 6. The van der Waals surface area contributed by atoms with Gasteiger partial charge in [0.2, 0.25) is 11.8 Å². The molecule has 0 spiro atoms. The molecule has 0 unspecified atom stereocenters. The summed E-state index contributed by atoms with van der Waals surface area (Å²) >= 11 is 0. The number of hydrogen-bond acceptors (Lipinski definition) is 6. The van der Waals surface area contributed by atoms with Gasteiger partial charge in [-0.1, -0.05) is 96.8 Å². The van der Waals surface area contributed by atoms with Crippen LogP contribution in [0.5, 0.6) is 0 Å². The second-order valence-corrected chi connectivity index (χ2v) is 18.3. The van der Waals surface area contributed by atoms with Crippen LogP contribution in [0.1, 0.15) is 113 Å². The van der Waals surface area contributed by atoms with Crippen LogP contribution in [0.4, 0.5) is 9.59 Å². The van der Waals surface area contributed by atoms with Crippen molar-refractivity contribution >= 4 is 35.8 Å². The van der Waals surface area contributed by atoms with Gasteiger partial charge >= 0.3 is 12.2 Å². The van der Waals surface area contributed by atoms with Gasteiger partial charge in [0.15, 0.2) is 0 Å².